The first-order valence-corrected chi connectivity index (χ1v) is 29.0. The first kappa shape index (κ1) is 64.9. The first-order valence-electron chi connectivity index (χ1n) is 21.9. The van der Waals surface area contributed by atoms with E-state index in [9.17, 15) is 33.7 Å². The molecule has 72 heavy (non-hydrogen) atoms. The van der Waals surface area contributed by atoms with Crippen LogP contribution in [-0.4, -0.2) is 133 Å². The molecule has 0 radical (unpaired) electrons. The van der Waals surface area contributed by atoms with E-state index in [1.54, 1.807) is 75.6 Å². The summed E-state index contributed by atoms with van der Waals surface area (Å²) >= 11 is 0. The van der Waals surface area contributed by atoms with Gasteiger partial charge in [0.05, 0.1) is 36.9 Å². The predicted molar refractivity (Wildman–Crippen MR) is 276 cm³/mol. The highest BCUT2D eigenvalue weighted by atomic mass is 32.2. The van der Waals surface area contributed by atoms with Crippen LogP contribution in [0, 0.1) is 27.7 Å². The zero-order valence-electron chi connectivity index (χ0n) is 42.5. The van der Waals surface area contributed by atoms with Crippen LogP contribution in [0.4, 0.5) is 0 Å². The van der Waals surface area contributed by atoms with Crippen molar-refractivity contribution in [1.82, 2.24) is 39.9 Å². The second-order valence-corrected chi connectivity index (χ2v) is 25.0. The minimum absolute atomic E-state index is 0.196. The maximum atomic E-state index is 11.6. The van der Waals surface area contributed by atoms with Gasteiger partial charge < -0.3 is 18.9 Å². The zero-order valence-corrected chi connectivity index (χ0v) is 45.7. The van der Waals surface area contributed by atoms with Gasteiger partial charge in [0, 0.05) is 62.1 Å². The molecule has 0 saturated carbocycles. The number of nitrogens with two attached hydrogens (primary N) is 2. The summed E-state index contributed by atoms with van der Waals surface area (Å²) in [6.07, 6.45) is 18.5. The third-order valence-electron chi connectivity index (χ3n) is 9.89. The van der Waals surface area contributed by atoms with Gasteiger partial charge in [-0.15, -0.1) is 26.3 Å². The highest BCUT2D eigenvalue weighted by molar-refractivity contribution is 7.91. The average molecular weight is 1080 g/mol. The van der Waals surface area contributed by atoms with Gasteiger partial charge in [-0.2, -0.15) is 0 Å². The Kier molecular flexibility index (Phi) is 27.7. The van der Waals surface area contributed by atoms with Crippen molar-refractivity contribution in [3.8, 4) is 0 Å². The number of ether oxygens (including phenoxy) is 4. The van der Waals surface area contributed by atoms with Gasteiger partial charge >= 0.3 is 0 Å². The summed E-state index contributed by atoms with van der Waals surface area (Å²) in [5.41, 5.74) is 3.58. The second-order valence-electron chi connectivity index (χ2n) is 16.3. The largest absolute Gasteiger partial charge is 0.365 e. The standard InChI is InChI=1S/2C12H18N2O3S.2C11H17N3O3S/c2*1-5-6-17-11(10(3)18(4,15)16)12-13-7-9(2)8-14-12;2*1-4-5-17-10(9(3)18(12,15)16)11-13-6-8(2)7-14-11/h2*5,7-8,10-11H,1,6H2,2-4H3;2*4,6-7,9-10H,1,5H2,2-3H3,(H2,12,15,16)/t2*10-,11+;2*9-,10+/m1010/s1. The van der Waals surface area contributed by atoms with Crippen LogP contribution in [0.3, 0.4) is 0 Å². The highest BCUT2D eigenvalue weighted by Gasteiger charge is 2.33. The number of sulfonamides is 2. The molecule has 0 spiro atoms. The van der Waals surface area contributed by atoms with Gasteiger partial charge in [-0.25, -0.2) is 83.8 Å². The Morgan fingerprint density at radius 2 is 0.569 bits per heavy atom. The Morgan fingerprint density at radius 1 is 0.403 bits per heavy atom. The molecule has 4 heterocycles. The number of sulfone groups is 2. The third-order valence-corrected chi connectivity index (χ3v) is 15.7. The lowest BCUT2D eigenvalue weighted by atomic mass is 10.2. The number of hydrogen-bond donors (Lipinski definition) is 2. The first-order chi connectivity index (χ1) is 33.4. The molecule has 0 saturated heterocycles. The van der Waals surface area contributed by atoms with Crippen LogP contribution >= 0.6 is 0 Å². The molecule has 0 aromatic carbocycles. The minimum Gasteiger partial charge on any atom is -0.365 e. The van der Waals surface area contributed by atoms with Crippen molar-refractivity contribution in [2.45, 2.75) is 101 Å². The number of nitrogens with zero attached hydrogens (tertiary/aromatic N) is 8. The van der Waals surface area contributed by atoms with Gasteiger partial charge in [0.25, 0.3) is 0 Å². The predicted octanol–water partition coefficient (Wildman–Crippen LogP) is 4.34. The molecule has 4 rings (SSSR count). The molecule has 400 valence electrons. The van der Waals surface area contributed by atoms with Crippen LogP contribution in [0.15, 0.2) is 100 Å². The van der Waals surface area contributed by atoms with Crippen molar-refractivity contribution in [3.05, 3.63) is 146 Å². The van der Waals surface area contributed by atoms with Gasteiger partial charge in [-0.3, -0.25) is 0 Å². The quantitative estimate of drug-likeness (QED) is 0.0922. The van der Waals surface area contributed by atoms with Gasteiger partial charge in [0.1, 0.15) is 34.9 Å². The number of hydrogen-bond acceptors (Lipinski definition) is 20. The maximum absolute atomic E-state index is 11.6. The summed E-state index contributed by atoms with van der Waals surface area (Å²) in [5.74, 6) is 1.34. The van der Waals surface area contributed by atoms with E-state index in [1.807, 2.05) is 27.7 Å². The summed E-state index contributed by atoms with van der Waals surface area (Å²) in [6, 6.07) is 0. The molecular formula is C46H70N10O12S4. The van der Waals surface area contributed by atoms with Crippen molar-refractivity contribution in [2.24, 2.45) is 10.3 Å². The molecule has 0 aliphatic carbocycles. The van der Waals surface area contributed by atoms with Crippen LogP contribution in [0.5, 0.6) is 0 Å². The van der Waals surface area contributed by atoms with Crippen molar-refractivity contribution in [1.29, 1.82) is 0 Å². The summed E-state index contributed by atoms with van der Waals surface area (Å²) in [6.45, 7) is 28.5. The molecule has 4 aromatic heterocycles. The summed E-state index contributed by atoms with van der Waals surface area (Å²) in [4.78, 5) is 32.8. The monoisotopic (exact) mass is 1080 g/mol. The average Bonchev–Trinajstić information content (AvgIpc) is 3.30. The van der Waals surface area contributed by atoms with E-state index in [4.69, 9.17) is 29.2 Å². The van der Waals surface area contributed by atoms with Crippen molar-refractivity contribution in [2.75, 3.05) is 38.9 Å². The summed E-state index contributed by atoms with van der Waals surface area (Å²) in [5, 5.41) is 6.98. The zero-order chi connectivity index (χ0) is 55.0. The van der Waals surface area contributed by atoms with E-state index < -0.39 is 85.1 Å². The fraction of sp³-hybridized carbons (Fsp3) is 0.478. The van der Waals surface area contributed by atoms with Crippen LogP contribution in [0.1, 0.15) is 97.7 Å². The molecule has 4 aromatic rings. The molecule has 8 atom stereocenters. The minimum atomic E-state index is -3.73. The molecule has 26 heteroatoms. The van der Waals surface area contributed by atoms with Crippen molar-refractivity contribution < 1.29 is 52.6 Å². The number of primary sulfonamides is 2. The van der Waals surface area contributed by atoms with Gasteiger partial charge in [0.2, 0.25) is 20.0 Å². The Labute approximate surface area is 425 Å². The second kappa shape index (κ2) is 30.8. The molecule has 0 bridgehead atoms. The normalized spacial score (nSPS) is 15.1. The van der Waals surface area contributed by atoms with Crippen LogP contribution in [0.2, 0.25) is 0 Å². The molecule has 0 aliphatic heterocycles. The van der Waals surface area contributed by atoms with Crippen molar-refractivity contribution >= 4 is 39.7 Å². The summed E-state index contributed by atoms with van der Waals surface area (Å²) < 4.78 is 114. The Hall–Kier alpha value is -5.16. The smallest absolute Gasteiger partial charge is 0.214 e. The van der Waals surface area contributed by atoms with E-state index in [-0.39, 0.29) is 26.4 Å². The van der Waals surface area contributed by atoms with Crippen molar-refractivity contribution in [3.63, 3.8) is 0 Å². The Morgan fingerprint density at radius 3 is 0.708 bits per heavy atom. The highest BCUT2D eigenvalue weighted by Crippen LogP contribution is 2.26. The van der Waals surface area contributed by atoms with Gasteiger partial charge in [-0.05, 0) is 77.6 Å². The number of rotatable bonds is 24. The maximum Gasteiger partial charge on any atom is 0.214 e. The van der Waals surface area contributed by atoms with Crippen LogP contribution < -0.4 is 10.3 Å². The van der Waals surface area contributed by atoms with Crippen LogP contribution in [0.25, 0.3) is 0 Å². The topological polar surface area (TPSA) is 329 Å². The van der Waals surface area contributed by atoms with E-state index in [0.29, 0.717) is 23.3 Å². The fourth-order valence-electron chi connectivity index (χ4n) is 5.36. The van der Waals surface area contributed by atoms with Gasteiger partial charge in [-0.1, -0.05) is 24.3 Å². The summed E-state index contributed by atoms with van der Waals surface area (Å²) in [7, 11) is -13.9. The molecule has 0 aliphatic rings. The van der Waals surface area contributed by atoms with E-state index in [2.05, 4.69) is 66.2 Å². The molecular weight excluding hydrogens is 1010 g/mol. The van der Waals surface area contributed by atoms with E-state index >= 15 is 0 Å². The Balaban J connectivity index is 0.000000480. The molecule has 0 amide bonds. The van der Waals surface area contributed by atoms with E-state index in [1.165, 1.54) is 38.5 Å². The number of aromatic nitrogens is 8. The fourth-order valence-corrected chi connectivity index (χ4v) is 7.75. The van der Waals surface area contributed by atoms with E-state index in [0.717, 1.165) is 22.3 Å². The lowest BCUT2D eigenvalue weighted by Gasteiger charge is -2.21. The molecule has 22 nitrogen and oxygen atoms in total. The van der Waals surface area contributed by atoms with Gasteiger partial charge in [0.15, 0.2) is 43.0 Å². The molecule has 0 fully saturated rings. The van der Waals surface area contributed by atoms with Crippen LogP contribution in [-0.2, 0) is 58.7 Å². The SMILES string of the molecule is C=CCO[C@@H](c1ncc(C)cn1)[C@H](C)S(C)(=O)=O.C=CCO[C@@H](c1ncc(C)cn1)[C@H](C)S(N)(=O)=O.C=CCO[C@H](c1ncc(C)cn1)[C@@H](C)S(C)(=O)=O.C=CCO[C@H](c1ncc(C)cn1)[C@@H](C)S(N)(=O)=O. The Bertz CT molecular complexity index is 2370. The third kappa shape index (κ3) is 23.2. The lowest BCUT2D eigenvalue weighted by Crippen LogP contribution is -2.33. The lowest BCUT2D eigenvalue weighted by molar-refractivity contribution is 0.0668. The number of aryl methyl sites for hydroxylation is 4. The molecule has 4 N–H and O–H groups in total. The molecule has 0 unspecified atom stereocenters.